The Balaban J connectivity index is 1.47. The second-order valence-corrected chi connectivity index (χ2v) is 8.35. The molecule has 1 N–H and O–H groups in total. The van der Waals surface area contributed by atoms with E-state index < -0.39 is 0 Å². The van der Waals surface area contributed by atoms with Crippen molar-refractivity contribution in [3.05, 3.63) is 95.3 Å². The quantitative estimate of drug-likeness (QED) is 0.384. The van der Waals surface area contributed by atoms with E-state index in [1.54, 1.807) is 11.0 Å². The third-order valence-corrected chi connectivity index (χ3v) is 6.06. The van der Waals surface area contributed by atoms with Crippen molar-refractivity contribution in [1.29, 1.82) is 0 Å². The molecule has 1 aromatic heterocycles. The summed E-state index contributed by atoms with van der Waals surface area (Å²) in [7, 11) is 0. The van der Waals surface area contributed by atoms with E-state index >= 15 is 0 Å². The zero-order chi connectivity index (χ0) is 23.9. The number of para-hydroxylation sites is 3. The molecule has 0 spiro atoms. The van der Waals surface area contributed by atoms with E-state index in [4.69, 9.17) is 16.6 Å². The van der Waals surface area contributed by atoms with Crippen molar-refractivity contribution in [2.45, 2.75) is 26.3 Å². The Morgan fingerprint density at radius 3 is 2.44 bits per heavy atom. The minimum absolute atomic E-state index is 0.0131. The summed E-state index contributed by atoms with van der Waals surface area (Å²) in [6.45, 7) is 3.12. The van der Waals surface area contributed by atoms with Crippen molar-refractivity contribution in [3.63, 3.8) is 0 Å². The maximum atomic E-state index is 13.3. The van der Waals surface area contributed by atoms with Crippen molar-refractivity contribution in [3.8, 4) is 0 Å². The van der Waals surface area contributed by atoms with Gasteiger partial charge in [0.1, 0.15) is 12.4 Å². The number of fused-ring (bicyclic) bond motifs is 1. The van der Waals surface area contributed by atoms with E-state index in [1.807, 2.05) is 84.3 Å². The van der Waals surface area contributed by atoms with Gasteiger partial charge in [0.2, 0.25) is 11.8 Å². The zero-order valence-electron chi connectivity index (χ0n) is 19.1. The van der Waals surface area contributed by atoms with Crippen LogP contribution in [0.5, 0.6) is 0 Å². The molecule has 2 amide bonds. The monoisotopic (exact) mass is 474 g/mol. The number of carbonyl (C=O) groups excluding carboxylic acids is 2. The van der Waals surface area contributed by atoms with Gasteiger partial charge >= 0.3 is 0 Å². The third kappa shape index (κ3) is 5.46. The van der Waals surface area contributed by atoms with Crippen LogP contribution in [0, 0.1) is 0 Å². The molecule has 0 radical (unpaired) electrons. The highest BCUT2D eigenvalue weighted by Gasteiger charge is 2.18. The molecule has 34 heavy (non-hydrogen) atoms. The number of aromatic nitrogens is 2. The summed E-state index contributed by atoms with van der Waals surface area (Å²) < 4.78 is 1.95. The molecular formula is C27H27ClN4O2. The van der Waals surface area contributed by atoms with E-state index in [1.165, 1.54) is 0 Å². The number of amides is 2. The summed E-state index contributed by atoms with van der Waals surface area (Å²) in [5, 5.41) is 3.53. The van der Waals surface area contributed by atoms with Crippen molar-refractivity contribution >= 4 is 40.1 Å². The lowest BCUT2D eigenvalue weighted by atomic mass is 10.1. The first kappa shape index (κ1) is 23.5. The number of nitrogens with zero attached hydrogens (tertiary/aromatic N) is 3. The summed E-state index contributed by atoms with van der Waals surface area (Å²) in [6, 6.07) is 24.7. The van der Waals surface area contributed by atoms with Gasteiger partial charge in [-0.25, -0.2) is 4.98 Å². The van der Waals surface area contributed by atoms with Crippen LogP contribution in [0.25, 0.3) is 11.0 Å². The second-order valence-electron chi connectivity index (χ2n) is 7.94. The Labute approximate surface area is 204 Å². The van der Waals surface area contributed by atoms with Crippen LogP contribution in [0.3, 0.4) is 0 Å². The van der Waals surface area contributed by atoms with Crippen LogP contribution in [-0.4, -0.2) is 34.5 Å². The Morgan fingerprint density at radius 1 is 0.971 bits per heavy atom. The molecule has 0 unspecified atom stereocenters. The third-order valence-electron chi connectivity index (χ3n) is 5.69. The van der Waals surface area contributed by atoms with E-state index in [0.29, 0.717) is 24.5 Å². The highest BCUT2D eigenvalue weighted by atomic mass is 35.5. The van der Waals surface area contributed by atoms with Crippen molar-refractivity contribution < 1.29 is 9.59 Å². The van der Waals surface area contributed by atoms with Gasteiger partial charge in [0.05, 0.1) is 17.5 Å². The van der Waals surface area contributed by atoms with Gasteiger partial charge in [-0.3, -0.25) is 9.59 Å². The Hall–Kier alpha value is -3.64. The predicted molar refractivity (Wildman–Crippen MR) is 136 cm³/mol. The zero-order valence-corrected chi connectivity index (χ0v) is 19.8. The number of halogens is 1. The normalized spacial score (nSPS) is 10.9. The van der Waals surface area contributed by atoms with Crippen LogP contribution in [0.4, 0.5) is 5.69 Å². The molecule has 7 heteroatoms. The van der Waals surface area contributed by atoms with Gasteiger partial charge in [-0.1, -0.05) is 60.1 Å². The molecule has 0 aliphatic carbocycles. The molecule has 0 saturated heterocycles. The van der Waals surface area contributed by atoms with E-state index in [9.17, 15) is 9.59 Å². The summed E-state index contributed by atoms with van der Waals surface area (Å²) in [5.41, 5.74) is 3.39. The second kappa shape index (κ2) is 11.0. The number of carbonyl (C=O) groups is 2. The first-order chi connectivity index (χ1) is 16.6. The number of imidazole rings is 1. The molecule has 4 rings (SSSR count). The fourth-order valence-electron chi connectivity index (χ4n) is 4.02. The number of hydrogen-bond acceptors (Lipinski definition) is 3. The van der Waals surface area contributed by atoms with Crippen LogP contribution in [0.15, 0.2) is 78.9 Å². The number of rotatable bonds is 9. The van der Waals surface area contributed by atoms with Gasteiger partial charge in [0.25, 0.3) is 0 Å². The summed E-state index contributed by atoms with van der Waals surface area (Å²) in [4.78, 5) is 32.2. The summed E-state index contributed by atoms with van der Waals surface area (Å²) >= 11 is 6.17. The largest absolute Gasteiger partial charge is 0.355 e. The van der Waals surface area contributed by atoms with Crippen LogP contribution < -0.4 is 10.2 Å². The minimum atomic E-state index is -0.104. The molecule has 0 saturated carbocycles. The molecule has 1 heterocycles. The lowest BCUT2D eigenvalue weighted by Crippen LogP contribution is -2.34. The number of anilines is 1. The molecule has 0 bridgehead atoms. The number of hydrogen-bond donors (Lipinski definition) is 1. The van der Waals surface area contributed by atoms with Gasteiger partial charge < -0.3 is 14.8 Å². The summed E-state index contributed by atoms with van der Waals surface area (Å²) in [6.07, 6.45) is 0.727. The van der Waals surface area contributed by atoms with Crippen molar-refractivity contribution in [2.75, 3.05) is 18.0 Å². The Bertz CT molecular complexity index is 1290. The first-order valence-electron chi connectivity index (χ1n) is 11.4. The maximum absolute atomic E-state index is 13.3. The Morgan fingerprint density at radius 2 is 1.68 bits per heavy atom. The van der Waals surface area contributed by atoms with Gasteiger partial charge in [-0.15, -0.1) is 0 Å². The predicted octanol–water partition coefficient (Wildman–Crippen LogP) is 4.64. The Kier molecular flexibility index (Phi) is 7.60. The molecule has 174 valence electrons. The molecule has 6 nitrogen and oxygen atoms in total. The SMILES string of the molecule is CCN(C(=O)Cn1c(CCNC(=O)Cc2ccccc2Cl)nc2ccccc21)c1ccccc1. The first-order valence-corrected chi connectivity index (χ1v) is 11.7. The molecule has 3 aromatic carbocycles. The standard InChI is InChI=1S/C27H27ClN4O2/c1-2-31(21-11-4-3-5-12-21)27(34)19-32-24-15-9-8-14-23(24)30-25(32)16-17-29-26(33)18-20-10-6-7-13-22(20)28/h3-15H,2,16-19H2,1H3,(H,29,33). The van der Waals surface area contributed by atoms with E-state index in [-0.39, 0.29) is 24.8 Å². The summed E-state index contributed by atoms with van der Waals surface area (Å²) in [5.74, 6) is 0.644. The van der Waals surface area contributed by atoms with Crippen LogP contribution >= 0.6 is 11.6 Å². The highest BCUT2D eigenvalue weighted by Crippen LogP contribution is 2.19. The van der Waals surface area contributed by atoms with Gasteiger partial charge in [-0.05, 0) is 42.8 Å². The van der Waals surface area contributed by atoms with Gasteiger partial charge in [-0.2, -0.15) is 0 Å². The molecule has 0 aliphatic heterocycles. The number of benzene rings is 3. The van der Waals surface area contributed by atoms with Gasteiger partial charge in [0.15, 0.2) is 0 Å². The average molecular weight is 475 g/mol. The van der Waals surface area contributed by atoms with Crippen LogP contribution in [-0.2, 0) is 29.0 Å². The number of likely N-dealkylation sites (N-methyl/N-ethyl adjacent to an activating group) is 1. The van der Waals surface area contributed by atoms with E-state index in [0.717, 1.165) is 28.1 Å². The fourth-order valence-corrected chi connectivity index (χ4v) is 4.22. The van der Waals surface area contributed by atoms with Crippen molar-refractivity contribution in [1.82, 2.24) is 14.9 Å². The average Bonchev–Trinajstić information content (AvgIpc) is 3.19. The molecule has 4 aromatic rings. The molecule has 0 aliphatic rings. The topological polar surface area (TPSA) is 67.2 Å². The minimum Gasteiger partial charge on any atom is -0.355 e. The number of nitrogens with one attached hydrogen (secondary N) is 1. The van der Waals surface area contributed by atoms with Crippen LogP contribution in [0.1, 0.15) is 18.3 Å². The van der Waals surface area contributed by atoms with Crippen molar-refractivity contribution in [2.24, 2.45) is 0 Å². The van der Waals surface area contributed by atoms with Crippen LogP contribution in [0.2, 0.25) is 5.02 Å². The lowest BCUT2D eigenvalue weighted by molar-refractivity contribution is -0.120. The fraction of sp³-hybridized carbons (Fsp3) is 0.222. The highest BCUT2D eigenvalue weighted by molar-refractivity contribution is 6.31. The maximum Gasteiger partial charge on any atom is 0.246 e. The smallest absolute Gasteiger partial charge is 0.246 e. The lowest BCUT2D eigenvalue weighted by Gasteiger charge is -2.22. The molecule has 0 atom stereocenters. The molecular weight excluding hydrogens is 448 g/mol. The van der Waals surface area contributed by atoms with Gasteiger partial charge in [0, 0.05) is 30.2 Å². The van der Waals surface area contributed by atoms with E-state index in [2.05, 4.69) is 5.32 Å². The molecule has 0 fully saturated rings.